The molecule has 1 aliphatic carbocycles. The normalized spacial score (nSPS) is 13.9. The van der Waals surface area contributed by atoms with Crippen molar-refractivity contribution in [3.63, 3.8) is 0 Å². The molecule has 2 N–H and O–H groups in total. The maximum Gasteiger partial charge on any atom is 0.272 e. The summed E-state index contributed by atoms with van der Waals surface area (Å²) in [5.41, 5.74) is 0.271. The van der Waals surface area contributed by atoms with Crippen molar-refractivity contribution in [2.45, 2.75) is 12.8 Å². The highest BCUT2D eigenvalue weighted by molar-refractivity contribution is 6.39. The second kappa shape index (κ2) is 6.28. The first kappa shape index (κ1) is 14.9. The smallest absolute Gasteiger partial charge is 0.272 e. The van der Waals surface area contributed by atoms with Crippen molar-refractivity contribution in [3.05, 3.63) is 32.3 Å². The number of amides is 1. The third-order valence-electron chi connectivity index (χ3n) is 2.91. The molecule has 0 saturated heterocycles. The van der Waals surface area contributed by atoms with Gasteiger partial charge in [0.15, 0.2) is 0 Å². The van der Waals surface area contributed by atoms with Crippen molar-refractivity contribution in [2.75, 3.05) is 18.4 Å². The lowest BCUT2D eigenvalue weighted by Gasteiger charge is -2.11. The number of halogens is 2. The molecule has 108 valence electrons. The first-order valence-corrected chi connectivity index (χ1v) is 6.89. The Balaban J connectivity index is 1.88. The molecule has 6 nitrogen and oxygen atoms in total. The van der Waals surface area contributed by atoms with E-state index in [4.69, 9.17) is 23.2 Å². The molecule has 0 unspecified atom stereocenters. The lowest BCUT2D eigenvalue weighted by Crippen LogP contribution is -2.29. The molecular formula is C12H13Cl2N3O3. The Morgan fingerprint density at radius 1 is 1.30 bits per heavy atom. The second-order valence-electron chi connectivity index (χ2n) is 4.53. The Morgan fingerprint density at radius 3 is 2.40 bits per heavy atom. The number of anilines is 1. The van der Waals surface area contributed by atoms with E-state index in [9.17, 15) is 14.9 Å². The first-order chi connectivity index (χ1) is 9.49. The van der Waals surface area contributed by atoms with Crippen LogP contribution >= 0.6 is 23.2 Å². The van der Waals surface area contributed by atoms with Crippen LogP contribution in [0.5, 0.6) is 0 Å². The van der Waals surface area contributed by atoms with E-state index < -0.39 is 4.92 Å². The van der Waals surface area contributed by atoms with Gasteiger partial charge in [-0.2, -0.15) is 0 Å². The number of rotatable bonds is 6. The van der Waals surface area contributed by atoms with Crippen molar-refractivity contribution < 1.29 is 9.72 Å². The van der Waals surface area contributed by atoms with Gasteiger partial charge >= 0.3 is 0 Å². The van der Waals surface area contributed by atoms with Crippen LogP contribution in [0.2, 0.25) is 10.0 Å². The molecule has 1 saturated carbocycles. The molecule has 8 heteroatoms. The van der Waals surface area contributed by atoms with Crippen molar-refractivity contribution in [1.29, 1.82) is 0 Å². The molecule has 1 fully saturated rings. The van der Waals surface area contributed by atoms with Gasteiger partial charge in [-0.25, -0.2) is 0 Å². The van der Waals surface area contributed by atoms with E-state index in [-0.39, 0.29) is 27.6 Å². The molecule has 0 radical (unpaired) electrons. The van der Waals surface area contributed by atoms with Crippen LogP contribution in [0.3, 0.4) is 0 Å². The number of hydrogen-bond acceptors (Lipinski definition) is 4. The fraction of sp³-hybridized carbons (Fsp3) is 0.417. The molecule has 0 aliphatic heterocycles. The highest BCUT2D eigenvalue weighted by Gasteiger charge is 2.29. The van der Waals surface area contributed by atoms with Gasteiger partial charge in [-0.15, -0.1) is 0 Å². The van der Waals surface area contributed by atoms with Gasteiger partial charge in [0.1, 0.15) is 0 Å². The molecule has 20 heavy (non-hydrogen) atoms. The van der Waals surface area contributed by atoms with Crippen molar-refractivity contribution in [1.82, 2.24) is 5.32 Å². The third kappa shape index (κ3) is 3.74. The summed E-state index contributed by atoms with van der Waals surface area (Å²) in [6.45, 7) is 0.884. The molecular weight excluding hydrogens is 305 g/mol. The van der Waals surface area contributed by atoms with Crippen LogP contribution in [0.25, 0.3) is 0 Å². The van der Waals surface area contributed by atoms with Gasteiger partial charge in [0, 0.05) is 31.1 Å². The van der Waals surface area contributed by atoms with E-state index in [0.29, 0.717) is 18.8 Å². The Bertz CT molecular complexity index is 524. The number of benzene rings is 1. The highest BCUT2D eigenvalue weighted by Crippen LogP contribution is 2.34. The third-order valence-corrected chi connectivity index (χ3v) is 3.51. The summed E-state index contributed by atoms with van der Waals surface area (Å²) in [7, 11) is 0. The zero-order chi connectivity index (χ0) is 14.7. The molecule has 0 atom stereocenters. The summed E-state index contributed by atoms with van der Waals surface area (Å²) in [5.74, 6) is 0.231. The van der Waals surface area contributed by atoms with Crippen LogP contribution in [0.15, 0.2) is 12.1 Å². The van der Waals surface area contributed by atoms with Crippen LogP contribution in [0.4, 0.5) is 11.4 Å². The number of nitro groups is 1. The van der Waals surface area contributed by atoms with E-state index in [0.717, 1.165) is 12.8 Å². The largest absolute Gasteiger partial charge is 0.381 e. The number of carbonyl (C=O) groups is 1. The fourth-order valence-electron chi connectivity index (χ4n) is 1.70. The minimum Gasteiger partial charge on any atom is -0.381 e. The zero-order valence-corrected chi connectivity index (χ0v) is 12.0. The molecule has 1 aromatic rings. The summed E-state index contributed by atoms with van der Waals surface area (Å²) >= 11 is 11.9. The minimum atomic E-state index is -0.558. The molecule has 0 aromatic heterocycles. The van der Waals surface area contributed by atoms with Crippen LogP contribution < -0.4 is 10.6 Å². The van der Waals surface area contributed by atoms with Crippen molar-refractivity contribution >= 4 is 40.5 Å². The molecule has 2 rings (SSSR count). The van der Waals surface area contributed by atoms with Gasteiger partial charge in [-0.3, -0.25) is 14.9 Å². The predicted octanol–water partition coefficient (Wildman–Crippen LogP) is 2.84. The van der Waals surface area contributed by atoms with Crippen molar-refractivity contribution in [2.24, 2.45) is 5.92 Å². The Morgan fingerprint density at radius 2 is 1.90 bits per heavy atom. The fourth-order valence-corrected chi connectivity index (χ4v) is 2.31. The Labute approximate surface area is 125 Å². The summed E-state index contributed by atoms with van der Waals surface area (Å²) in [5, 5.41) is 16.7. The molecule has 1 aliphatic rings. The number of nitrogens with zero attached hydrogens (tertiary/aromatic N) is 1. The quantitative estimate of drug-likeness (QED) is 0.480. The van der Waals surface area contributed by atoms with Gasteiger partial charge in [-0.05, 0) is 12.8 Å². The number of nitrogens with one attached hydrogen (secondary N) is 2. The summed E-state index contributed by atoms with van der Waals surface area (Å²) in [4.78, 5) is 21.5. The minimum absolute atomic E-state index is 0.0627. The molecule has 0 heterocycles. The van der Waals surface area contributed by atoms with E-state index in [1.807, 2.05) is 0 Å². The average Bonchev–Trinajstić information content (AvgIpc) is 3.20. The van der Waals surface area contributed by atoms with Gasteiger partial charge < -0.3 is 10.6 Å². The Kier molecular flexibility index (Phi) is 4.67. The van der Waals surface area contributed by atoms with Gasteiger partial charge in [0.2, 0.25) is 5.91 Å². The molecule has 1 amide bonds. The maximum absolute atomic E-state index is 11.4. The van der Waals surface area contributed by atoms with E-state index >= 15 is 0 Å². The predicted molar refractivity (Wildman–Crippen MR) is 77.3 cm³/mol. The SMILES string of the molecule is O=C(NCCNc1c(Cl)cc([N+](=O)[O-])cc1Cl)C1CC1. The lowest BCUT2D eigenvalue weighted by atomic mass is 10.2. The van der Waals surface area contributed by atoms with E-state index in [2.05, 4.69) is 10.6 Å². The van der Waals surface area contributed by atoms with Crippen LogP contribution in [0.1, 0.15) is 12.8 Å². The second-order valence-corrected chi connectivity index (χ2v) is 5.35. The lowest BCUT2D eigenvalue weighted by molar-refractivity contribution is -0.384. The number of non-ortho nitro benzene ring substituents is 1. The van der Waals surface area contributed by atoms with Crippen molar-refractivity contribution in [3.8, 4) is 0 Å². The number of carbonyl (C=O) groups excluding carboxylic acids is 1. The summed E-state index contributed by atoms with van der Waals surface area (Å²) in [6.07, 6.45) is 1.92. The maximum atomic E-state index is 11.4. The zero-order valence-electron chi connectivity index (χ0n) is 10.5. The highest BCUT2D eigenvalue weighted by atomic mass is 35.5. The molecule has 0 bridgehead atoms. The Hall–Kier alpha value is -1.53. The summed E-state index contributed by atoms with van der Waals surface area (Å²) in [6, 6.07) is 2.47. The van der Waals surface area contributed by atoms with Crippen LogP contribution in [-0.2, 0) is 4.79 Å². The van der Waals surface area contributed by atoms with Crippen LogP contribution in [0, 0.1) is 16.0 Å². The topological polar surface area (TPSA) is 84.3 Å². The molecule has 0 spiro atoms. The van der Waals surface area contributed by atoms with E-state index in [1.54, 1.807) is 0 Å². The van der Waals surface area contributed by atoms with Gasteiger partial charge in [0.25, 0.3) is 5.69 Å². The average molecular weight is 318 g/mol. The monoisotopic (exact) mass is 317 g/mol. The standard InChI is InChI=1S/C12H13Cl2N3O3/c13-9-5-8(17(19)20)6-10(14)11(9)15-3-4-16-12(18)7-1-2-7/h5-7,15H,1-4H2,(H,16,18). The van der Waals surface area contributed by atoms with Gasteiger partial charge in [-0.1, -0.05) is 23.2 Å². The molecule has 1 aromatic carbocycles. The summed E-state index contributed by atoms with van der Waals surface area (Å²) < 4.78 is 0. The van der Waals surface area contributed by atoms with Crippen LogP contribution in [-0.4, -0.2) is 23.9 Å². The van der Waals surface area contributed by atoms with Gasteiger partial charge in [0.05, 0.1) is 20.7 Å². The first-order valence-electron chi connectivity index (χ1n) is 6.14. The number of hydrogen-bond donors (Lipinski definition) is 2. The number of nitro benzene ring substituents is 1. The van der Waals surface area contributed by atoms with E-state index in [1.165, 1.54) is 12.1 Å².